The van der Waals surface area contributed by atoms with Gasteiger partial charge < -0.3 is 19.5 Å². The third-order valence-electron chi connectivity index (χ3n) is 5.24. The Kier molecular flexibility index (Phi) is 4.18. The number of halogens is 1. The molecule has 1 saturated heterocycles. The molecule has 2 aliphatic heterocycles. The van der Waals surface area contributed by atoms with E-state index in [0.717, 1.165) is 18.9 Å². The number of aromatic carboxylic acids is 1. The van der Waals surface area contributed by atoms with E-state index in [2.05, 4.69) is 0 Å². The average molecular weight is 377 g/mol. The summed E-state index contributed by atoms with van der Waals surface area (Å²) in [6.07, 6.45) is 2.93. The van der Waals surface area contributed by atoms with Crippen LogP contribution < -0.4 is 20.1 Å². The monoisotopic (exact) mass is 377 g/mol. The summed E-state index contributed by atoms with van der Waals surface area (Å²) in [7, 11) is 3.37. The number of anilines is 1. The van der Waals surface area contributed by atoms with Gasteiger partial charge >= 0.3 is 5.97 Å². The highest BCUT2D eigenvalue weighted by Gasteiger charge is 2.31. The van der Waals surface area contributed by atoms with Crippen molar-refractivity contribution >= 4 is 22.6 Å². The highest BCUT2D eigenvalue weighted by atomic mass is 19.1. The fourth-order valence-electron chi connectivity index (χ4n) is 3.79. The molecule has 0 bridgehead atoms. The molecule has 144 valence electrons. The third kappa shape index (κ3) is 2.69. The molecular formula is C18H20FN3O5. The summed E-state index contributed by atoms with van der Waals surface area (Å²) in [5.41, 5.74) is -0.446. The Hall–Kier alpha value is -2.81. The van der Waals surface area contributed by atoms with E-state index in [-0.39, 0.29) is 24.0 Å². The molecule has 0 amide bonds. The maximum atomic E-state index is 15.0. The number of hydrogen-bond donors (Lipinski definition) is 1. The molecule has 2 aliphatic rings. The van der Waals surface area contributed by atoms with E-state index < -0.39 is 22.8 Å². The maximum Gasteiger partial charge on any atom is 0.341 e. The molecule has 2 aromatic rings. The normalized spacial score (nSPS) is 17.3. The molecule has 0 saturated carbocycles. The molecule has 27 heavy (non-hydrogen) atoms. The lowest BCUT2D eigenvalue weighted by molar-refractivity contribution is 0.0694. The first kappa shape index (κ1) is 17.6. The van der Waals surface area contributed by atoms with Gasteiger partial charge in [-0.25, -0.2) is 9.18 Å². The largest absolute Gasteiger partial charge is 0.477 e. The Labute approximate surface area is 154 Å². The summed E-state index contributed by atoms with van der Waals surface area (Å²) < 4.78 is 27.7. The first-order chi connectivity index (χ1) is 12.9. The van der Waals surface area contributed by atoms with Crippen molar-refractivity contribution in [3.05, 3.63) is 33.9 Å². The molecule has 4 rings (SSSR count). The molecule has 1 N–H and O–H groups in total. The Balaban J connectivity index is 1.94. The van der Waals surface area contributed by atoms with E-state index in [0.29, 0.717) is 24.3 Å². The van der Waals surface area contributed by atoms with Crippen LogP contribution in [0.4, 0.5) is 10.1 Å². The lowest BCUT2D eigenvalue weighted by Gasteiger charge is -2.37. The maximum absolute atomic E-state index is 15.0. The van der Waals surface area contributed by atoms with Gasteiger partial charge in [-0.1, -0.05) is 0 Å². The number of rotatable bonds is 3. The number of nitrogens with zero attached hydrogens (tertiary/aromatic N) is 3. The second-order valence-electron chi connectivity index (χ2n) is 6.81. The lowest BCUT2D eigenvalue weighted by atomic mass is 10.0. The molecule has 9 heteroatoms. The molecule has 0 unspecified atom stereocenters. The van der Waals surface area contributed by atoms with Crippen LogP contribution in [-0.4, -0.2) is 55.8 Å². The summed E-state index contributed by atoms with van der Waals surface area (Å²) in [5.74, 6) is -1.67. The van der Waals surface area contributed by atoms with Crippen LogP contribution in [0.25, 0.3) is 10.9 Å². The molecule has 1 aromatic heterocycles. The van der Waals surface area contributed by atoms with Gasteiger partial charge in [0, 0.05) is 33.4 Å². The van der Waals surface area contributed by atoms with Crippen LogP contribution >= 0.6 is 0 Å². The average Bonchev–Trinajstić information content (AvgIpc) is 2.66. The van der Waals surface area contributed by atoms with Crippen molar-refractivity contribution in [1.29, 1.82) is 0 Å². The van der Waals surface area contributed by atoms with Gasteiger partial charge in [-0.05, 0) is 18.9 Å². The summed E-state index contributed by atoms with van der Waals surface area (Å²) >= 11 is 0. The zero-order valence-corrected chi connectivity index (χ0v) is 15.1. The van der Waals surface area contributed by atoms with Crippen LogP contribution in [0.1, 0.15) is 23.2 Å². The van der Waals surface area contributed by atoms with Gasteiger partial charge in [0.2, 0.25) is 5.43 Å². The number of ether oxygens (including phenoxy) is 2. The molecular weight excluding hydrogens is 357 g/mol. The minimum Gasteiger partial charge on any atom is -0.477 e. The minimum atomic E-state index is -1.35. The van der Waals surface area contributed by atoms with Crippen molar-refractivity contribution in [3.63, 3.8) is 0 Å². The van der Waals surface area contributed by atoms with Crippen LogP contribution in [0.3, 0.4) is 0 Å². The number of carboxylic acid groups (broad SMARTS) is 1. The second kappa shape index (κ2) is 6.41. The summed E-state index contributed by atoms with van der Waals surface area (Å²) in [6.45, 7) is 1.31. The molecule has 1 aromatic carbocycles. The van der Waals surface area contributed by atoms with Crippen molar-refractivity contribution < 1.29 is 23.8 Å². The molecule has 1 fully saturated rings. The van der Waals surface area contributed by atoms with Crippen LogP contribution in [-0.2, 0) is 4.74 Å². The van der Waals surface area contributed by atoms with Crippen LogP contribution in [0, 0.1) is 5.82 Å². The molecule has 0 spiro atoms. The highest BCUT2D eigenvalue weighted by molar-refractivity contribution is 5.97. The lowest BCUT2D eigenvalue weighted by Crippen LogP contribution is -2.41. The predicted molar refractivity (Wildman–Crippen MR) is 97.0 cm³/mol. The zero-order valence-electron chi connectivity index (χ0n) is 15.1. The van der Waals surface area contributed by atoms with Crippen molar-refractivity contribution in [2.24, 2.45) is 0 Å². The zero-order chi connectivity index (χ0) is 19.3. The third-order valence-corrected chi connectivity index (χ3v) is 5.24. The van der Waals surface area contributed by atoms with Gasteiger partial charge in [0.05, 0.1) is 11.5 Å². The molecule has 0 radical (unpaired) electrons. The van der Waals surface area contributed by atoms with Crippen LogP contribution in [0.5, 0.6) is 5.75 Å². The van der Waals surface area contributed by atoms with Crippen molar-refractivity contribution in [3.8, 4) is 5.75 Å². The van der Waals surface area contributed by atoms with Crippen molar-refractivity contribution in [2.75, 3.05) is 43.9 Å². The fraction of sp³-hybridized carbons (Fsp3) is 0.444. The number of methoxy groups -OCH3 is 1. The van der Waals surface area contributed by atoms with Crippen LogP contribution in [0.2, 0.25) is 0 Å². The Morgan fingerprint density at radius 1 is 1.37 bits per heavy atom. The van der Waals surface area contributed by atoms with Gasteiger partial charge in [0.15, 0.2) is 18.3 Å². The Bertz CT molecular complexity index is 981. The van der Waals surface area contributed by atoms with E-state index in [1.165, 1.54) is 6.20 Å². The van der Waals surface area contributed by atoms with Crippen molar-refractivity contribution in [2.45, 2.75) is 18.9 Å². The van der Waals surface area contributed by atoms with E-state index in [4.69, 9.17) is 9.47 Å². The van der Waals surface area contributed by atoms with E-state index in [9.17, 15) is 14.7 Å². The molecule has 3 heterocycles. The number of carboxylic acids is 1. The first-order valence-corrected chi connectivity index (χ1v) is 8.69. The predicted octanol–water partition coefficient (Wildman–Crippen LogP) is 1.37. The molecule has 8 nitrogen and oxygen atoms in total. The Morgan fingerprint density at radius 3 is 2.70 bits per heavy atom. The second-order valence-corrected chi connectivity index (χ2v) is 6.81. The number of aromatic nitrogens is 1. The van der Waals surface area contributed by atoms with E-state index in [1.54, 1.807) is 23.8 Å². The van der Waals surface area contributed by atoms with Gasteiger partial charge in [-0.15, -0.1) is 0 Å². The summed E-state index contributed by atoms with van der Waals surface area (Å²) in [5, 5.41) is 10.9. The van der Waals surface area contributed by atoms with Gasteiger partial charge in [-0.3, -0.25) is 14.5 Å². The van der Waals surface area contributed by atoms with Gasteiger partial charge in [-0.2, -0.15) is 0 Å². The highest BCUT2D eigenvalue weighted by Crippen LogP contribution is 2.40. The van der Waals surface area contributed by atoms with E-state index in [1.807, 2.05) is 4.90 Å². The van der Waals surface area contributed by atoms with Gasteiger partial charge in [0.25, 0.3) is 0 Å². The number of hydrogen-bond acceptors (Lipinski definition) is 6. The minimum absolute atomic E-state index is 0.00974. The summed E-state index contributed by atoms with van der Waals surface area (Å²) in [6, 6.07) is 1.12. The number of piperidine rings is 1. The smallest absolute Gasteiger partial charge is 0.341 e. The molecule has 0 aliphatic carbocycles. The molecule has 0 atom stereocenters. The Morgan fingerprint density at radius 2 is 2.07 bits per heavy atom. The number of benzene rings is 1. The SMILES string of the molecule is COC1CCN(c2c(F)cc3c(=O)c(C(=O)O)cn4c3c2OCN4C)CC1. The standard InChI is InChI=1S/C18H20FN3O5/c1-20-9-27-17-14-11(16(23)12(18(24)25)8-22(14)20)7-13(19)15(17)21-5-3-10(26-2)4-6-21/h7-8,10H,3-6,9H2,1-2H3,(H,24,25). The van der Waals surface area contributed by atoms with Crippen molar-refractivity contribution in [1.82, 2.24) is 4.68 Å². The number of carbonyl (C=O) groups is 1. The first-order valence-electron chi connectivity index (χ1n) is 8.69. The fourth-order valence-corrected chi connectivity index (χ4v) is 3.79. The van der Waals surface area contributed by atoms with E-state index >= 15 is 4.39 Å². The quantitative estimate of drug-likeness (QED) is 0.865. The topological polar surface area (TPSA) is 84.2 Å². The van der Waals surface area contributed by atoms with Gasteiger partial charge in [0.1, 0.15) is 16.8 Å². The van der Waals surface area contributed by atoms with Crippen LogP contribution in [0.15, 0.2) is 17.1 Å². The summed E-state index contributed by atoms with van der Waals surface area (Å²) in [4.78, 5) is 25.9. The number of pyridine rings is 1.